The Morgan fingerprint density at radius 1 is 1.08 bits per heavy atom. The maximum Gasteiger partial charge on any atom is 0.228 e. The van der Waals surface area contributed by atoms with Gasteiger partial charge in [0.15, 0.2) is 0 Å². The fourth-order valence-electron chi connectivity index (χ4n) is 2.34. The molecular formula is C19H23ClFN3O2. The zero-order valence-electron chi connectivity index (χ0n) is 14.7. The summed E-state index contributed by atoms with van der Waals surface area (Å²) in [5.74, 6) is -1.28. The first-order chi connectivity index (χ1) is 12.0. The molecule has 0 saturated carbocycles. The van der Waals surface area contributed by atoms with E-state index in [4.69, 9.17) is 0 Å². The van der Waals surface area contributed by atoms with Crippen molar-refractivity contribution >= 4 is 35.6 Å². The van der Waals surface area contributed by atoms with Crippen molar-refractivity contribution in [1.82, 2.24) is 5.32 Å². The van der Waals surface area contributed by atoms with Crippen molar-refractivity contribution in [3.63, 3.8) is 0 Å². The second-order valence-corrected chi connectivity index (χ2v) is 5.85. The van der Waals surface area contributed by atoms with Crippen LogP contribution in [-0.2, 0) is 16.0 Å². The number of nitrogens with one attached hydrogen (secondary N) is 3. The van der Waals surface area contributed by atoms with Crippen LogP contribution in [-0.4, -0.2) is 25.4 Å². The molecule has 3 N–H and O–H groups in total. The molecule has 0 saturated heterocycles. The number of halogens is 2. The van der Waals surface area contributed by atoms with Crippen LogP contribution in [0.2, 0.25) is 0 Å². The van der Waals surface area contributed by atoms with Gasteiger partial charge < -0.3 is 16.0 Å². The summed E-state index contributed by atoms with van der Waals surface area (Å²) in [6, 6.07) is 13.3. The highest BCUT2D eigenvalue weighted by molar-refractivity contribution is 5.95. The first-order valence-corrected chi connectivity index (χ1v) is 8.08. The molecule has 2 aromatic rings. The summed E-state index contributed by atoms with van der Waals surface area (Å²) in [5, 5.41) is 8.20. The SMILES string of the molecule is CNCC(C)C(=O)Nc1ccc(F)c(NC(=O)Cc2ccccc2)c1.Cl. The minimum absolute atomic E-state index is 0. The minimum Gasteiger partial charge on any atom is -0.326 e. The van der Waals surface area contributed by atoms with E-state index in [1.807, 2.05) is 30.3 Å². The average Bonchev–Trinajstić information content (AvgIpc) is 2.59. The van der Waals surface area contributed by atoms with Crippen molar-refractivity contribution in [3.8, 4) is 0 Å². The fraction of sp³-hybridized carbons (Fsp3) is 0.263. The van der Waals surface area contributed by atoms with Gasteiger partial charge in [-0.25, -0.2) is 4.39 Å². The predicted octanol–water partition coefficient (Wildman–Crippen LogP) is 3.22. The Morgan fingerprint density at radius 3 is 2.42 bits per heavy atom. The number of carbonyl (C=O) groups excluding carboxylic acids is 2. The van der Waals surface area contributed by atoms with E-state index < -0.39 is 5.82 Å². The standard InChI is InChI=1S/C19H22FN3O2.ClH/c1-13(12-21-2)19(25)22-15-8-9-16(20)17(11-15)23-18(24)10-14-6-4-3-5-7-14;/h3-9,11,13,21H,10,12H2,1-2H3,(H,22,25)(H,23,24);1H. The van der Waals surface area contributed by atoms with Gasteiger partial charge in [-0.2, -0.15) is 0 Å². The first-order valence-electron chi connectivity index (χ1n) is 8.08. The molecule has 1 atom stereocenters. The lowest BCUT2D eigenvalue weighted by molar-refractivity contribution is -0.119. The van der Waals surface area contributed by atoms with Crippen molar-refractivity contribution in [1.29, 1.82) is 0 Å². The molecule has 0 radical (unpaired) electrons. The molecule has 2 rings (SSSR count). The molecule has 2 aromatic carbocycles. The van der Waals surface area contributed by atoms with E-state index in [0.29, 0.717) is 12.2 Å². The predicted molar refractivity (Wildman–Crippen MR) is 104 cm³/mol. The Bertz CT molecular complexity index is 741. The van der Waals surface area contributed by atoms with Gasteiger partial charge in [0, 0.05) is 18.2 Å². The lowest BCUT2D eigenvalue weighted by Crippen LogP contribution is -2.28. The Morgan fingerprint density at radius 2 is 1.77 bits per heavy atom. The van der Waals surface area contributed by atoms with Crippen LogP contribution in [0.15, 0.2) is 48.5 Å². The number of hydrogen-bond donors (Lipinski definition) is 3. The molecule has 7 heteroatoms. The van der Waals surface area contributed by atoms with E-state index in [-0.39, 0.29) is 42.2 Å². The smallest absolute Gasteiger partial charge is 0.228 e. The highest BCUT2D eigenvalue weighted by Crippen LogP contribution is 2.20. The molecular weight excluding hydrogens is 357 g/mol. The Hall–Kier alpha value is -2.44. The van der Waals surface area contributed by atoms with Crippen LogP contribution in [0.25, 0.3) is 0 Å². The van der Waals surface area contributed by atoms with Gasteiger partial charge in [-0.05, 0) is 30.8 Å². The molecule has 0 aliphatic rings. The number of rotatable bonds is 7. The molecule has 0 aromatic heterocycles. The molecule has 140 valence electrons. The van der Waals surface area contributed by atoms with Crippen LogP contribution in [0.5, 0.6) is 0 Å². The van der Waals surface area contributed by atoms with Crippen molar-refractivity contribution in [2.75, 3.05) is 24.2 Å². The molecule has 0 aliphatic heterocycles. The van der Waals surface area contributed by atoms with Crippen molar-refractivity contribution < 1.29 is 14.0 Å². The molecule has 1 unspecified atom stereocenters. The van der Waals surface area contributed by atoms with Crippen molar-refractivity contribution in [2.45, 2.75) is 13.3 Å². The number of hydrogen-bond acceptors (Lipinski definition) is 3. The van der Waals surface area contributed by atoms with E-state index in [1.165, 1.54) is 18.2 Å². The lowest BCUT2D eigenvalue weighted by Gasteiger charge is -2.13. The molecule has 26 heavy (non-hydrogen) atoms. The zero-order valence-corrected chi connectivity index (χ0v) is 15.5. The third kappa shape index (κ3) is 6.46. The van der Waals surface area contributed by atoms with E-state index in [9.17, 15) is 14.0 Å². The molecule has 0 bridgehead atoms. The summed E-state index contributed by atoms with van der Waals surface area (Å²) in [6.45, 7) is 2.33. The summed E-state index contributed by atoms with van der Waals surface area (Å²) < 4.78 is 13.9. The fourth-order valence-corrected chi connectivity index (χ4v) is 2.34. The third-order valence-corrected chi connectivity index (χ3v) is 3.67. The van der Waals surface area contributed by atoms with Crippen LogP contribution >= 0.6 is 12.4 Å². The van der Waals surface area contributed by atoms with Crippen molar-refractivity contribution in [2.24, 2.45) is 5.92 Å². The van der Waals surface area contributed by atoms with Crippen molar-refractivity contribution in [3.05, 3.63) is 59.9 Å². The van der Waals surface area contributed by atoms with Gasteiger partial charge in [0.1, 0.15) is 5.82 Å². The highest BCUT2D eigenvalue weighted by atomic mass is 35.5. The molecule has 0 aliphatic carbocycles. The Labute approximate surface area is 158 Å². The average molecular weight is 380 g/mol. The van der Waals surface area contributed by atoms with E-state index in [1.54, 1.807) is 14.0 Å². The third-order valence-electron chi connectivity index (χ3n) is 3.67. The van der Waals surface area contributed by atoms with E-state index in [2.05, 4.69) is 16.0 Å². The van der Waals surface area contributed by atoms with Gasteiger partial charge in [0.2, 0.25) is 11.8 Å². The number of carbonyl (C=O) groups is 2. The Balaban J connectivity index is 0.00000338. The topological polar surface area (TPSA) is 70.2 Å². The summed E-state index contributed by atoms with van der Waals surface area (Å²) in [5.41, 5.74) is 1.31. The van der Waals surface area contributed by atoms with Crippen LogP contribution < -0.4 is 16.0 Å². The number of anilines is 2. The van der Waals surface area contributed by atoms with Gasteiger partial charge >= 0.3 is 0 Å². The Kier molecular flexibility index (Phi) is 8.75. The summed E-state index contributed by atoms with van der Waals surface area (Å²) in [7, 11) is 1.77. The second-order valence-electron chi connectivity index (χ2n) is 5.85. The first kappa shape index (κ1) is 21.6. The maximum atomic E-state index is 13.9. The van der Waals surface area contributed by atoms with Gasteiger partial charge in [0.05, 0.1) is 12.1 Å². The summed E-state index contributed by atoms with van der Waals surface area (Å²) in [6.07, 6.45) is 0.149. The summed E-state index contributed by atoms with van der Waals surface area (Å²) in [4.78, 5) is 24.1. The van der Waals surface area contributed by atoms with Gasteiger partial charge in [0.25, 0.3) is 0 Å². The van der Waals surface area contributed by atoms with Gasteiger partial charge in [-0.3, -0.25) is 9.59 Å². The van der Waals surface area contributed by atoms with Crippen LogP contribution in [0, 0.1) is 11.7 Å². The van der Waals surface area contributed by atoms with Gasteiger partial charge in [-0.1, -0.05) is 37.3 Å². The highest BCUT2D eigenvalue weighted by Gasteiger charge is 2.14. The lowest BCUT2D eigenvalue weighted by atomic mass is 10.1. The monoisotopic (exact) mass is 379 g/mol. The van der Waals surface area contributed by atoms with Crippen LogP contribution in [0.3, 0.4) is 0 Å². The zero-order chi connectivity index (χ0) is 18.2. The molecule has 5 nitrogen and oxygen atoms in total. The number of benzene rings is 2. The minimum atomic E-state index is -0.553. The van der Waals surface area contributed by atoms with Gasteiger partial charge in [-0.15, -0.1) is 12.4 Å². The molecule has 0 fully saturated rings. The maximum absolute atomic E-state index is 13.9. The molecule has 0 spiro atoms. The van der Waals surface area contributed by atoms with Crippen LogP contribution in [0.1, 0.15) is 12.5 Å². The summed E-state index contributed by atoms with van der Waals surface area (Å²) >= 11 is 0. The van der Waals surface area contributed by atoms with Crippen LogP contribution in [0.4, 0.5) is 15.8 Å². The van der Waals surface area contributed by atoms with E-state index >= 15 is 0 Å². The largest absolute Gasteiger partial charge is 0.326 e. The quantitative estimate of drug-likeness (QED) is 0.691. The molecule has 0 heterocycles. The second kappa shape index (κ2) is 10.5. The normalized spacial score (nSPS) is 11.2. The molecule has 2 amide bonds. The number of amides is 2. The van der Waals surface area contributed by atoms with E-state index in [0.717, 1.165) is 5.56 Å².